The van der Waals surface area contributed by atoms with Crippen LogP contribution in [-0.2, 0) is 38.1 Å². The van der Waals surface area contributed by atoms with E-state index in [2.05, 4.69) is 20.3 Å². The van der Waals surface area contributed by atoms with Gasteiger partial charge in [-0.15, -0.1) is 0 Å². The van der Waals surface area contributed by atoms with Gasteiger partial charge in [0.25, 0.3) is 0 Å². The molecule has 0 unspecified atom stereocenters. The fraction of sp³-hybridized carbons (Fsp3) is 0.667. The van der Waals surface area contributed by atoms with Gasteiger partial charge in [-0.2, -0.15) is 0 Å². The van der Waals surface area contributed by atoms with E-state index in [1.807, 2.05) is 0 Å². The molecular weight excluding hydrogens is 486 g/mol. The fourth-order valence-corrected chi connectivity index (χ4v) is 4.06. The molecule has 0 aliphatic carbocycles. The Balaban J connectivity index is 1.71. The number of fused-ring (bicyclic) bond motifs is 1. The van der Waals surface area contributed by atoms with Gasteiger partial charge in [-0.3, -0.25) is 19.0 Å². The number of esters is 3. The summed E-state index contributed by atoms with van der Waals surface area (Å²) in [6.07, 6.45) is -0.197. The maximum Gasteiger partial charge on any atom is 0.308 e. The molecule has 2 aromatic heterocycles. The van der Waals surface area contributed by atoms with E-state index in [4.69, 9.17) is 23.7 Å². The molecule has 2 fully saturated rings. The molecule has 2 aromatic rings. The lowest BCUT2D eigenvalue weighted by atomic mass is 10.1. The summed E-state index contributed by atoms with van der Waals surface area (Å²) in [7, 11) is 0. The molecule has 4 rings (SSSR count). The standard InChI is InChI=1S/C24H33N5O8/c1-12(2)23(31)36-18-16(9-34-14(5)30)35-22(19(18)37-24(32)13(3)4)29-11-27-17-20(25-10-26-21(17)29)28-15-6-7-33-8-15/h10-13,15-16,18-19,22H,6-9H2,1-5H3,(H,25,26,28)/t15-,16-,18-,19-,22-/m1/s1. The number of imidazole rings is 1. The van der Waals surface area contributed by atoms with Crippen LogP contribution in [0.4, 0.5) is 5.82 Å². The second kappa shape index (κ2) is 11.4. The number of nitrogens with zero attached hydrogens (tertiary/aromatic N) is 4. The van der Waals surface area contributed by atoms with Gasteiger partial charge in [-0.05, 0) is 6.42 Å². The van der Waals surface area contributed by atoms with E-state index >= 15 is 0 Å². The molecule has 0 amide bonds. The van der Waals surface area contributed by atoms with Crippen molar-refractivity contribution in [3.8, 4) is 0 Å². The number of ether oxygens (including phenoxy) is 5. The van der Waals surface area contributed by atoms with Gasteiger partial charge >= 0.3 is 17.9 Å². The lowest BCUT2D eigenvalue weighted by molar-refractivity contribution is -0.173. The monoisotopic (exact) mass is 519 g/mol. The maximum atomic E-state index is 12.7. The van der Waals surface area contributed by atoms with Crippen LogP contribution in [0.5, 0.6) is 0 Å². The third-order valence-electron chi connectivity index (χ3n) is 6.09. The molecule has 2 aliphatic heterocycles. The average Bonchev–Trinajstić information content (AvgIpc) is 3.58. The molecule has 2 aliphatic rings. The number of hydrogen-bond donors (Lipinski definition) is 1. The van der Waals surface area contributed by atoms with Crippen LogP contribution in [0.1, 0.15) is 47.3 Å². The largest absolute Gasteiger partial charge is 0.463 e. The first kappa shape index (κ1) is 26.7. The van der Waals surface area contributed by atoms with E-state index in [0.29, 0.717) is 30.2 Å². The second-order valence-electron chi connectivity index (χ2n) is 9.73. The second-order valence-corrected chi connectivity index (χ2v) is 9.73. The summed E-state index contributed by atoms with van der Waals surface area (Å²) in [4.78, 5) is 50.0. The molecule has 0 aromatic carbocycles. The van der Waals surface area contributed by atoms with Gasteiger partial charge in [-0.1, -0.05) is 27.7 Å². The molecule has 2 saturated heterocycles. The first-order valence-corrected chi connectivity index (χ1v) is 12.4. The number of anilines is 1. The lowest BCUT2D eigenvalue weighted by Crippen LogP contribution is -2.42. The van der Waals surface area contributed by atoms with Crippen LogP contribution >= 0.6 is 0 Å². The minimum absolute atomic E-state index is 0.0960. The van der Waals surface area contributed by atoms with Gasteiger partial charge in [0.15, 0.2) is 35.4 Å². The molecule has 13 heteroatoms. The molecule has 0 spiro atoms. The zero-order valence-corrected chi connectivity index (χ0v) is 21.6. The zero-order chi connectivity index (χ0) is 26.7. The number of nitrogens with one attached hydrogen (secondary N) is 1. The Morgan fingerprint density at radius 3 is 2.41 bits per heavy atom. The minimum atomic E-state index is -1.05. The SMILES string of the molecule is CC(=O)OC[C@H]1O[C@@H](n2cnc3c(N[C@@H]4CCOC4)ncnc32)[C@H](OC(=O)C(C)C)[C@@H]1OC(=O)C(C)C. The summed E-state index contributed by atoms with van der Waals surface area (Å²) in [5.41, 5.74) is 0.917. The molecule has 5 atom stereocenters. The van der Waals surface area contributed by atoms with Crippen molar-refractivity contribution in [3.05, 3.63) is 12.7 Å². The molecule has 0 saturated carbocycles. The molecule has 0 bridgehead atoms. The predicted octanol–water partition coefficient (Wildman–Crippen LogP) is 1.62. The van der Waals surface area contributed by atoms with Crippen molar-refractivity contribution in [2.75, 3.05) is 25.1 Å². The first-order chi connectivity index (χ1) is 17.7. The van der Waals surface area contributed by atoms with Crippen molar-refractivity contribution in [2.45, 2.75) is 71.6 Å². The van der Waals surface area contributed by atoms with Gasteiger partial charge in [-0.25, -0.2) is 15.0 Å². The smallest absolute Gasteiger partial charge is 0.308 e. The molecule has 13 nitrogen and oxygen atoms in total. The summed E-state index contributed by atoms with van der Waals surface area (Å²) in [5, 5.41) is 3.33. The Morgan fingerprint density at radius 1 is 1.08 bits per heavy atom. The van der Waals surface area contributed by atoms with Gasteiger partial charge in [0, 0.05) is 13.5 Å². The van der Waals surface area contributed by atoms with Crippen LogP contribution in [0.2, 0.25) is 0 Å². The number of hydrogen-bond acceptors (Lipinski definition) is 12. The Kier molecular flexibility index (Phi) is 8.22. The van der Waals surface area contributed by atoms with Crippen molar-refractivity contribution < 1.29 is 38.1 Å². The van der Waals surface area contributed by atoms with Crippen LogP contribution in [-0.4, -0.2) is 81.6 Å². The van der Waals surface area contributed by atoms with Gasteiger partial charge in [0.1, 0.15) is 19.0 Å². The fourth-order valence-electron chi connectivity index (χ4n) is 4.06. The summed E-state index contributed by atoms with van der Waals surface area (Å²) < 4.78 is 30.0. The highest BCUT2D eigenvalue weighted by Crippen LogP contribution is 2.37. The predicted molar refractivity (Wildman–Crippen MR) is 128 cm³/mol. The zero-order valence-electron chi connectivity index (χ0n) is 21.6. The first-order valence-electron chi connectivity index (χ1n) is 12.4. The molecule has 37 heavy (non-hydrogen) atoms. The van der Waals surface area contributed by atoms with Crippen LogP contribution in [0.3, 0.4) is 0 Å². The number of rotatable bonds is 9. The third kappa shape index (κ3) is 5.99. The summed E-state index contributed by atoms with van der Waals surface area (Å²) in [5.74, 6) is -1.88. The highest BCUT2D eigenvalue weighted by Gasteiger charge is 2.51. The van der Waals surface area contributed by atoms with Crippen molar-refractivity contribution >= 4 is 34.9 Å². The molecule has 0 radical (unpaired) electrons. The van der Waals surface area contributed by atoms with E-state index in [1.165, 1.54) is 19.6 Å². The lowest BCUT2D eigenvalue weighted by Gasteiger charge is -2.26. The maximum absolute atomic E-state index is 12.7. The van der Waals surface area contributed by atoms with Crippen LogP contribution < -0.4 is 5.32 Å². The summed E-state index contributed by atoms with van der Waals surface area (Å²) >= 11 is 0. The number of carbonyl (C=O) groups excluding carboxylic acids is 3. The quantitative estimate of drug-likeness (QED) is 0.378. The van der Waals surface area contributed by atoms with E-state index in [0.717, 1.165) is 6.42 Å². The highest BCUT2D eigenvalue weighted by atomic mass is 16.7. The number of aromatic nitrogens is 4. The highest BCUT2D eigenvalue weighted by molar-refractivity contribution is 5.83. The van der Waals surface area contributed by atoms with E-state index in [-0.39, 0.29) is 12.6 Å². The molecule has 1 N–H and O–H groups in total. The molecule has 4 heterocycles. The van der Waals surface area contributed by atoms with E-state index < -0.39 is 54.3 Å². The van der Waals surface area contributed by atoms with E-state index in [1.54, 1.807) is 32.3 Å². The van der Waals surface area contributed by atoms with Crippen molar-refractivity contribution in [3.63, 3.8) is 0 Å². The third-order valence-corrected chi connectivity index (χ3v) is 6.09. The van der Waals surface area contributed by atoms with Gasteiger partial charge in [0.05, 0.1) is 30.8 Å². The Hall–Kier alpha value is -3.32. The van der Waals surface area contributed by atoms with Crippen molar-refractivity contribution in [2.24, 2.45) is 11.8 Å². The molecular formula is C24H33N5O8. The van der Waals surface area contributed by atoms with Crippen LogP contribution in [0.15, 0.2) is 12.7 Å². The Morgan fingerprint density at radius 2 is 1.78 bits per heavy atom. The van der Waals surface area contributed by atoms with Crippen LogP contribution in [0.25, 0.3) is 11.2 Å². The topological polar surface area (TPSA) is 153 Å². The minimum Gasteiger partial charge on any atom is -0.463 e. The van der Waals surface area contributed by atoms with Crippen molar-refractivity contribution in [1.29, 1.82) is 0 Å². The number of carbonyl (C=O) groups is 3. The Labute approximate surface area is 214 Å². The van der Waals surface area contributed by atoms with Crippen molar-refractivity contribution in [1.82, 2.24) is 19.5 Å². The Bertz CT molecular complexity index is 1130. The van der Waals surface area contributed by atoms with Gasteiger partial charge < -0.3 is 29.0 Å². The van der Waals surface area contributed by atoms with Gasteiger partial charge in [0.2, 0.25) is 0 Å². The molecule has 202 valence electrons. The normalized spacial score (nSPS) is 25.5. The average molecular weight is 520 g/mol. The summed E-state index contributed by atoms with van der Waals surface area (Å²) in [6.45, 7) is 9.07. The summed E-state index contributed by atoms with van der Waals surface area (Å²) in [6, 6.07) is 0.0960. The van der Waals surface area contributed by atoms with Crippen LogP contribution in [0, 0.1) is 11.8 Å². The van der Waals surface area contributed by atoms with E-state index in [9.17, 15) is 14.4 Å².